The number of hydrogen-bond donors (Lipinski definition) is 1. The number of piperidine rings is 1. The fourth-order valence-electron chi connectivity index (χ4n) is 2.16. The number of hydrogen-bond acceptors (Lipinski definition) is 3. The second-order valence-corrected chi connectivity index (χ2v) is 4.98. The minimum Gasteiger partial charge on any atom is -0.388 e. The van der Waals surface area contributed by atoms with Gasteiger partial charge in [-0.2, -0.15) is 0 Å². The average molecular weight is 246 g/mol. The molecule has 2 rings (SSSR count). The van der Waals surface area contributed by atoms with Gasteiger partial charge < -0.3 is 10.0 Å². The van der Waals surface area contributed by atoms with Crippen LogP contribution in [-0.2, 0) is 4.79 Å². The standard InChI is InChI=1S/C14H18N2O2/c1-14(18)7-3-9-16(11-14)13(17)6-5-12-4-2-8-15-10-12/h2,4-6,8,10,18H,3,7,9,11H2,1H3/b6-5+. The Balaban J connectivity index is 1.98. The van der Waals surface area contributed by atoms with Crippen molar-refractivity contribution < 1.29 is 9.90 Å². The van der Waals surface area contributed by atoms with Gasteiger partial charge in [0.15, 0.2) is 0 Å². The topological polar surface area (TPSA) is 53.4 Å². The first kappa shape index (κ1) is 12.8. The Morgan fingerprint density at radius 2 is 2.44 bits per heavy atom. The highest BCUT2D eigenvalue weighted by Gasteiger charge is 2.29. The van der Waals surface area contributed by atoms with Crippen molar-refractivity contribution in [1.82, 2.24) is 9.88 Å². The van der Waals surface area contributed by atoms with E-state index in [4.69, 9.17) is 0 Å². The minimum atomic E-state index is -0.754. The molecule has 0 spiro atoms. The fourth-order valence-corrected chi connectivity index (χ4v) is 2.16. The maximum atomic E-state index is 12.0. The third kappa shape index (κ3) is 3.40. The Morgan fingerprint density at radius 3 is 3.11 bits per heavy atom. The number of pyridine rings is 1. The van der Waals surface area contributed by atoms with Crippen molar-refractivity contribution in [2.24, 2.45) is 0 Å². The molecule has 1 atom stereocenters. The maximum absolute atomic E-state index is 12.0. The largest absolute Gasteiger partial charge is 0.388 e. The predicted molar refractivity (Wildman–Crippen MR) is 69.7 cm³/mol. The van der Waals surface area contributed by atoms with Gasteiger partial charge >= 0.3 is 0 Å². The van der Waals surface area contributed by atoms with Crippen molar-refractivity contribution in [3.05, 3.63) is 36.2 Å². The summed E-state index contributed by atoms with van der Waals surface area (Å²) in [7, 11) is 0. The number of likely N-dealkylation sites (tertiary alicyclic amines) is 1. The summed E-state index contributed by atoms with van der Waals surface area (Å²) in [6.07, 6.45) is 8.29. The number of aliphatic hydroxyl groups is 1. The minimum absolute atomic E-state index is 0.0566. The van der Waals surface area contributed by atoms with Gasteiger partial charge in [-0.1, -0.05) is 6.07 Å². The molecule has 1 aliphatic rings. The van der Waals surface area contributed by atoms with Gasteiger partial charge in [0.1, 0.15) is 0 Å². The van der Waals surface area contributed by atoms with E-state index in [-0.39, 0.29) is 5.91 Å². The molecule has 96 valence electrons. The lowest BCUT2D eigenvalue weighted by Gasteiger charge is -2.36. The molecule has 18 heavy (non-hydrogen) atoms. The highest BCUT2D eigenvalue weighted by atomic mass is 16.3. The van der Waals surface area contributed by atoms with Crippen LogP contribution in [0.5, 0.6) is 0 Å². The van der Waals surface area contributed by atoms with Crippen LogP contribution < -0.4 is 0 Å². The van der Waals surface area contributed by atoms with Gasteiger partial charge in [-0.3, -0.25) is 9.78 Å². The molecule has 1 amide bonds. The van der Waals surface area contributed by atoms with Crippen LogP contribution in [0, 0.1) is 0 Å². The second kappa shape index (κ2) is 5.31. The Morgan fingerprint density at radius 1 is 1.61 bits per heavy atom. The van der Waals surface area contributed by atoms with Crippen molar-refractivity contribution in [1.29, 1.82) is 0 Å². The Bertz CT molecular complexity index is 440. The lowest BCUT2D eigenvalue weighted by Crippen LogP contribution is -2.48. The number of carbonyl (C=O) groups is 1. The van der Waals surface area contributed by atoms with E-state index in [2.05, 4.69) is 4.98 Å². The van der Waals surface area contributed by atoms with E-state index in [9.17, 15) is 9.90 Å². The van der Waals surface area contributed by atoms with Gasteiger partial charge in [0.25, 0.3) is 0 Å². The summed E-state index contributed by atoms with van der Waals surface area (Å²) < 4.78 is 0. The van der Waals surface area contributed by atoms with Crippen LogP contribution in [0.4, 0.5) is 0 Å². The van der Waals surface area contributed by atoms with Crippen molar-refractivity contribution >= 4 is 12.0 Å². The SMILES string of the molecule is CC1(O)CCCN(C(=O)/C=C/c2cccnc2)C1. The number of nitrogens with zero attached hydrogens (tertiary/aromatic N) is 2. The van der Waals surface area contributed by atoms with Gasteiger partial charge in [0.05, 0.1) is 5.60 Å². The summed E-state index contributed by atoms with van der Waals surface area (Å²) in [5.74, 6) is -0.0566. The molecule has 0 aromatic carbocycles. The smallest absolute Gasteiger partial charge is 0.246 e. The van der Waals surface area contributed by atoms with E-state index in [0.717, 1.165) is 18.4 Å². The summed E-state index contributed by atoms with van der Waals surface area (Å²) >= 11 is 0. The highest BCUT2D eigenvalue weighted by molar-refractivity contribution is 5.91. The number of carbonyl (C=O) groups excluding carboxylic acids is 1. The number of β-amino-alcohol motifs (C(OH)–C–C–N with tert-alkyl or cyclic N) is 1. The molecule has 2 heterocycles. The van der Waals surface area contributed by atoms with Crippen LogP contribution in [0.2, 0.25) is 0 Å². The van der Waals surface area contributed by atoms with E-state index < -0.39 is 5.60 Å². The van der Waals surface area contributed by atoms with E-state index >= 15 is 0 Å². The summed E-state index contributed by atoms with van der Waals surface area (Å²) in [6, 6.07) is 3.72. The van der Waals surface area contributed by atoms with Crippen molar-refractivity contribution in [3.63, 3.8) is 0 Å². The van der Waals surface area contributed by atoms with E-state index in [0.29, 0.717) is 13.1 Å². The Labute approximate surface area is 107 Å². The molecule has 1 unspecified atom stereocenters. The van der Waals surface area contributed by atoms with Gasteiger partial charge in [-0.05, 0) is 37.5 Å². The highest BCUT2D eigenvalue weighted by Crippen LogP contribution is 2.20. The quantitative estimate of drug-likeness (QED) is 0.804. The van der Waals surface area contributed by atoms with Crippen molar-refractivity contribution in [2.45, 2.75) is 25.4 Å². The molecular weight excluding hydrogens is 228 g/mol. The molecule has 1 aromatic rings. The lowest BCUT2D eigenvalue weighted by molar-refractivity contribution is -0.132. The molecule has 0 saturated carbocycles. The number of amides is 1. The monoisotopic (exact) mass is 246 g/mol. The van der Waals surface area contributed by atoms with E-state index in [1.165, 1.54) is 0 Å². The molecule has 1 aliphatic heterocycles. The fraction of sp³-hybridized carbons (Fsp3) is 0.429. The number of aromatic nitrogens is 1. The van der Waals surface area contributed by atoms with Gasteiger partial charge in [-0.25, -0.2) is 0 Å². The molecule has 1 aromatic heterocycles. The first-order chi connectivity index (χ1) is 8.57. The zero-order valence-corrected chi connectivity index (χ0v) is 10.5. The summed E-state index contributed by atoms with van der Waals surface area (Å²) in [4.78, 5) is 17.6. The Hall–Kier alpha value is -1.68. The van der Waals surface area contributed by atoms with Crippen LogP contribution >= 0.6 is 0 Å². The molecule has 1 saturated heterocycles. The molecule has 4 nitrogen and oxygen atoms in total. The predicted octanol–water partition coefficient (Wildman–Crippen LogP) is 1.47. The van der Waals surface area contributed by atoms with Crippen molar-refractivity contribution in [3.8, 4) is 0 Å². The van der Waals surface area contributed by atoms with Crippen LogP contribution in [-0.4, -0.2) is 39.6 Å². The molecular formula is C14H18N2O2. The van der Waals surface area contributed by atoms with Crippen LogP contribution in [0.1, 0.15) is 25.3 Å². The Kier molecular flexibility index (Phi) is 3.77. The molecule has 1 fully saturated rings. The van der Waals surface area contributed by atoms with E-state index in [1.807, 2.05) is 12.1 Å². The molecule has 4 heteroatoms. The normalized spacial score (nSPS) is 24.4. The molecule has 0 aliphatic carbocycles. The summed E-state index contributed by atoms with van der Waals surface area (Å²) in [6.45, 7) is 2.90. The summed E-state index contributed by atoms with van der Waals surface area (Å²) in [5.41, 5.74) is 0.144. The first-order valence-electron chi connectivity index (χ1n) is 6.16. The van der Waals surface area contributed by atoms with Gasteiger partial charge in [0.2, 0.25) is 5.91 Å². The lowest BCUT2D eigenvalue weighted by atomic mass is 9.95. The van der Waals surface area contributed by atoms with Gasteiger partial charge in [-0.15, -0.1) is 0 Å². The third-order valence-corrected chi connectivity index (χ3v) is 3.09. The summed E-state index contributed by atoms with van der Waals surface area (Å²) in [5, 5.41) is 9.95. The zero-order valence-electron chi connectivity index (χ0n) is 10.5. The average Bonchev–Trinajstić information content (AvgIpc) is 2.36. The van der Waals surface area contributed by atoms with E-state index in [1.54, 1.807) is 36.4 Å². The zero-order chi connectivity index (χ0) is 13.0. The van der Waals surface area contributed by atoms with Gasteiger partial charge in [0, 0.05) is 31.6 Å². The molecule has 0 bridgehead atoms. The van der Waals surface area contributed by atoms with Crippen molar-refractivity contribution in [2.75, 3.05) is 13.1 Å². The maximum Gasteiger partial charge on any atom is 0.246 e. The second-order valence-electron chi connectivity index (χ2n) is 4.98. The van der Waals surface area contributed by atoms with Crippen LogP contribution in [0.15, 0.2) is 30.6 Å². The number of rotatable bonds is 2. The molecule has 0 radical (unpaired) electrons. The van der Waals surface area contributed by atoms with Crippen LogP contribution in [0.3, 0.4) is 0 Å². The molecule has 1 N–H and O–H groups in total. The third-order valence-electron chi connectivity index (χ3n) is 3.09. The first-order valence-corrected chi connectivity index (χ1v) is 6.16. The van der Waals surface area contributed by atoms with Crippen LogP contribution in [0.25, 0.3) is 6.08 Å².